The second-order valence-corrected chi connectivity index (χ2v) is 10.3. The molecule has 2 saturated heterocycles. The van der Waals surface area contributed by atoms with Crippen LogP contribution in [-0.2, 0) is 10.2 Å². The second-order valence-electron chi connectivity index (χ2n) is 10.3. The number of rotatable bonds is 3. The Morgan fingerprint density at radius 1 is 1.00 bits per heavy atom. The van der Waals surface area contributed by atoms with Gasteiger partial charge in [-0.2, -0.15) is 0 Å². The van der Waals surface area contributed by atoms with Crippen molar-refractivity contribution in [2.75, 3.05) is 37.7 Å². The van der Waals surface area contributed by atoms with E-state index in [2.05, 4.69) is 20.9 Å². The number of carbonyl (C=O) groups excluding carboxylic acids is 1. The van der Waals surface area contributed by atoms with Gasteiger partial charge in [0, 0.05) is 65.2 Å². The molecule has 1 aliphatic carbocycles. The molecule has 2 spiro atoms. The van der Waals surface area contributed by atoms with Crippen molar-refractivity contribution >= 4 is 17.5 Å². The molecule has 7 rings (SSSR count). The van der Waals surface area contributed by atoms with Gasteiger partial charge in [-0.3, -0.25) is 4.79 Å². The molecule has 6 nitrogen and oxygen atoms in total. The van der Waals surface area contributed by atoms with E-state index in [0.29, 0.717) is 22.6 Å². The van der Waals surface area contributed by atoms with Crippen molar-refractivity contribution in [2.45, 2.75) is 24.7 Å². The smallest absolute Gasteiger partial charge is 0.253 e. The van der Waals surface area contributed by atoms with Crippen molar-refractivity contribution in [2.24, 2.45) is 5.41 Å². The summed E-state index contributed by atoms with van der Waals surface area (Å²) in [6.45, 7) is 3.89. The Bertz CT molecular complexity index is 1300. The normalized spacial score (nSPS) is 21.1. The molecule has 2 aromatic carbocycles. The summed E-state index contributed by atoms with van der Waals surface area (Å²) < 4.78 is 19.6. The second kappa shape index (κ2) is 7.09. The molecule has 7 heteroatoms. The topological polar surface area (TPSA) is 58.6 Å². The molecule has 0 radical (unpaired) electrons. The van der Waals surface area contributed by atoms with Crippen molar-refractivity contribution in [1.82, 2.24) is 14.9 Å². The average molecular weight is 457 g/mol. The number of hydrogen-bond donors (Lipinski definition) is 0. The molecule has 0 bridgehead atoms. The van der Waals surface area contributed by atoms with Crippen molar-refractivity contribution < 1.29 is 13.9 Å². The highest BCUT2D eigenvalue weighted by molar-refractivity contribution is 5.96. The third-order valence-corrected chi connectivity index (χ3v) is 8.03. The number of nitrogens with zero attached hydrogens (tertiary/aromatic N) is 4. The largest absolute Gasteiger partial charge is 0.380 e. The van der Waals surface area contributed by atoms with Gasteiger partial charge in [0.05, 0.1) is 13.2 Å². The van der Waals surface area contributed by atoms with Crippen LogP contribution in [-0.4, -0.2) is 53.6 Å². The van der Waals surface area contributed by atoms with Gasteiger partial charge in [-0.25, -0.2) is 14.4 Å². The quantitative estimate of drug-likeness (QED) is 0.587. The van der Waals surface area contributed by atoms with Gasteiger partial charge in [0.15, 0.2) is 0 Å². The molecule has 4 aliphatic rings. The zero-order chi connectivity index (χ0) is 22.9. The predicted molar refractivity (Wildman–Crippen MR) is 126 cm³/mol. The number of halogens is 1. The highest BCUT2D eigenvalue weighted by atomic mass is 19.1. The van der Waals surface area contributed by atoms with Crippen LogP contribution in [0.3, 0.4) is 0 Å². The highest BCUT2D eigenvalue weighted by Crippen LogP contribution is 2.57. The van der Waals surface area contributed by atoms with Gasteiger partial charge in [0.25, 0.3) is 5.91 Å². The number of anilines is 2. The van der Waals surface area contributed by atoms with Crippen LogP contribution in [0.25, 0.3) is 11.1 Å². The van der Waals surface area contributed by atoms with E-state index in [1.54, 1.807) is 30.6 Å². The average Bonchev–Trinajstić information content (AvgIpc) is 3.34. The van der Waals surface area contributed by atoms with Crippen LogP contribution in [0, 0.1) is 11.2 Å². The summed E-state index contributed by atoms with van der Waals surface area (Å²) in [4.78, 5) is 26.6. The van der Waals surface area contributed by atoms with Crippen LogP contribution in [0.5, 0.6) is 0 Å². The maximum Gasteiger partial charge on any atom is 0.253 e. The van der Waals surface area contributed by atoms with E-state index in [0.717, 1.165) is 57.8 Å². The lowest BCUT2D eigenvalue weighted by Gasteiger charge is -2.37. The molecule has 4 heterocycles. The molecule has 1 amide bonds. The van der Waals surface area contributed by atoms with Gasteiger partial charge in [-0.15, -0.1) is 0 Å². The molecule has 34 heavy (non-hydrogen) atoms. The fraction of sp³-hybridized carbons (Fsp3) is 0.370. The number of fused-ring (bicyclic) bond motifs is 2. The summed E-state index contributed by atoms with van der Waals surface area (Å²) in [7, 11) is 0. The first-order valence-corrected chi connectivity index (χ1v) is 11.9. The number of hydrogen-bond acceptors (Lipinski definition) is 5. The molecule has 3 fully saturated rings. The maximum atomic E-state index is 14.2. The summed E-state index contributed by atoms with van der Waals surface area (Å²) in [5.74, 6) is 0.378. The van der Waals surface area contributed by atoms with Crippen LogP contribution in [0.4, 0.5) is 16.0 Å². The number of benzene rings is 2. The van der Waals surface area contributed by atoms with E-state index in [-0.39, 0.29) is 22.6 Å². The van der Waals surface area contributed by atoms with Crippen LogP contribution >= 0.6 is 0 Å². The summed E-state index contributed by atoms with van der Waals surface area (Å²) in [5.41, 5.74) is 4.44. The lowest BCUT2D eigenvalue weighted by molar-refractivity contribution is -0.103. The molecule has 172 valence electrons. The van der Waals surface area contributed by atoms with Crippen molar-refractivity contribution in [3.63, 3.8) is 0 Å². The fourth-order valence-corrected chi connectivity index (χ4v) is 5.78. The van der Waals surface area contributed by atoms with Crippen LogP contribution < -0.4 is 4.90 Å². The Morgan fingerprint density at radius 3 is 2.47 bits per heavy atom. The summed E-state index contributed by atoms with van der Waals surface area (Å²) in [6, 6.07) is 12.8. The first-order chi connectivity index (χ1) is 16.6. The van der Waals surface area contributed by atoms with Crippen molar-refractivity contribution in [3.8, 4) is 11.1 Å². The molecule has 3 aromatic rings. The summed E-state index contributed by atoms with van der Waals surface area (Å²) in [6.07, 6.45) is 6.63. The van der Waals surface area contributed by atoms with Crippen molar-refractivity contribution in [1.29, 1.82) is 0 Å². The first kappa shape index (κ1) is 20.1. The van der Waals surface area contributed by atoms with Gasteiger partial charge in [0.2, 0.25) is 5.95 Å². The Balaban J connectivity index is 1.20. The summed E-state index contributed by atoms with van der Waals surface area (Å²) >= 11 is 0. The van der Waals surface area contributed by atoms with E-state index in [1.807, 2.05) is 17.0 Å². The standard InChI is InChI=1S/C27H25FN4O2/c28-22-4-2-1-3-20(22)19-12-29-25(30-13-19)32-15-27(7-8-27)21-6-5-18(11-23(21)32)24(33)31-10-9-26(14-31)16-34-17-26/h1-6,11-13H,7-10,14-17H2. The molecule has 3 aliphatic heterocycles. The van der Waals surface area contributed by atoms with Gasteiger partial charge in [-0.05, 0) is 43.0 Å². The Kier molecular flexibility index (Phi) is 4.19. The minimum absolute atomic E-state index is 0.0825. The van der Waals surface area contributed by atoms with Crippen LogP contribution in [0.2, 0.25) is 0 Å². The lowest BCUT2D eigenvalue weighted by atomic mass is 9.85. The van der Waals surface area contributed by atoms with Gasteiger partial charge in [0.1, 0.15) is 5.82 Å². The van der Waals surface area contributed by atoms with E-state index in [4.69, 9.17) is 4.74 Å². The monoisotopic (exact) mass is 456 g/mol. The Morgan fingerprint density at radius 2 is 1.79 bits per heavy atom. The Labute approximate surface area is 197 Å². The first-order valence-electron chi connectivity index (χ1n) is 11.9. The van der Waals surface area contributed by atoms with Crippen LogP contribution in [0.1, 0.15) is 35.2 Å². The predicted octanol–water partition coefficient (Wildman–Crippen LogP) is 4.33. The Hall–Kier alpha value is -3.32. The number of carbonyl (C=O) groups is 1. The van der Waals surface area contributed by atoms with E-state index < -0.39 is 0 Å². The van der Waals surface area contributed by atoms with Gasteiger partial charge >= 0.3 is 0 Å². The minimum Gasteiger partial charge on any atom is -0.380 e. The SMILES string of the molecule is O=C(c1ccc2c(c1)N(c1ncc(-c3ccccc3F)cn1)CC21CC1)N1CCC2(COC2)C1. The van der Waals surface area contributed by atoms with E-state index in [1.165, 1.54) is 11.6 Å². The van der Waals surface area contributed by atoms with Gasteiger partial charge in [-0.1, -0.05) is 24.3 Å². The fourth-order valence-electron chi connectivity index (χ4n) is 5.78. The zero-order valence-electron chi connectivity index (χ0n) is 18.8. The molecule has 1 saturated carbocycles. The van der Waals surface area contributed by atoms with Crippen LogP contribution in [0.15, 0.2) is 54.9 Å². The number of likely N-dealkylation sites (tertiary alicyclic amines) is 1. The molecule has 0 unspecified atom stereocenters. The van der Waals surface area contributed by atoms with Gasteiger partial charge < -0.3 is 14.5 Å². The number of aromatic nitrogens is 2. The molecule has 0 atom stereocenters. The number of amides is 1. The lowest BCUT2D eigenvalue weighted by Crippen LogP contribution is -2.45. The van der Waals surface area contributed by atoms with Crippen molar-refractivity contribution in [3.05, 3.63) is 71.8 Å². The summed E-state index contributed by atoms with van der Waals surface area (Å²) in [5, 5.41) is 0. The van der Waals surface area contributed by atoms with E-state index >= 15 is 0 Å². The highest BCUT2D eigenvalue weighted by Gasteiger charge is 2.53. The maximum absolute atomic E-state index is 14.2. The zero-order valence-corrected chi connectivity index (χ0v) is 18.8. The minimum atomic E-state index is -0.289. The van der Waals surface area contributed by atoms with E-state index in [9.17, 15) is 9.18 Å². The third-order valence-electron chi connectivity index (χ3n) is 8.03. The third kappa shape index (κ3) is 2.99. The number of ether oxygens (including phenoxy) is 1. The molecular weight excluding hydrogens is 431 g/mol. The molecule has 0 N–H and O–H groups in total. The molecule has 1 aromatic heterocycles. The molecular formula is C27H25FN4O2.